The van der Waals surface area contributed by atoms with Crippen molar-refractivity contribution in [3.63, 3.8) is 0 Å². The summed E-state index contributed by atoms with van der Waals surface area (Å²) in [5, 5.41) is 3.42. The number of methoxy groups -OCH3 is 1. The molecule has 1 saturated heterocycles. The lowest BCUT2D eigenvalue weighted by Crippen LogP contribution is -2.51. The second kappa shape index (κ2) is 7.00. The Labute approximate surface area is 130 Å². The van der Waals surface area contributed by atoms with Gasteiger partial charge < -0.3 is 15.0 Å². The molecule has 1 heterocycles. The summed E-state index contributed by atoms with van der Waals surface area (Å²) in [6.07, 6.45) is 0. The maximum Gasteiger partial charge on any atom is 0.321 e. The highest BCUT2D eigenvalue weighted by Gasteiger charge is 2.22. The lowest BCUT2D eigenvalue weighted by Gasteiger charge is -2.36. The minimum absolute atomic E-state index is 0.0808. The van der Waals surface area contributed by atoms with E-state index in [0.717, 1.165) is 26.2 Å². The summed E-state index contributed by atoms with van der Waals surface area (Å²) in [4.78, 5) is 16.5. The number of piperazine rings is 1. The van der Waals surface area contributed by atoms with E-state index in [9.17, 15) is 4.79 Å². The minimum atomic E-state index is -0.0808. The summed E-state index contributed by atoms with van der Waals surface area (Å²) in [6, 6.07) is 5.66. The first-order valence-corrected chi connectivity index (χ1v) is 7.52. The van der Waals surface area contributed by atoms with Crippen molar-refractivity contribution in [1.82, 2.24) is 9.80 Å². The Bertz CT molecular complexity index is 500. The molecule has 1 fully saturated rings. The molecule has 0 saturated carbocycles. The van der Waals surface area contributed by atoms with Gasteiger partial charge in [0.1, 0.15) is 5.75 Å². The Hall–Kier alpha value is -1.46. The molecule has 1 N–H and O–H groups in total. The zero-order valence-electron chi connectivity index (χ0n) is 12.7. The Balaban J connectivity index is 1.93. The van der Waals surface area contributed by atoms with Crippen LogP contribution in [0.4, 0.5) is 10.5 Å². The highest BCUT2D eigenvalue weighted by Crippen LogP contribution is 2.27. The van der Waals surface area contributed by atoms with Gasteiger partial charge in [-0.15, -0.1) is 0 Å². The van der Waals surface area contributed by atoms with Crippen LogP contribution in [0.25, 0.3) is 0 Å². The van der Waals surface area contributed by atoms with Crippen molar-refractivity contribution in [2.45, 2.75) is 19.9 Å². The molecule has 0 aromatic heterocycles. The standard InChI is InChI=1S/C15H22ClN3O2/c1-11(2)18-6-8-19(9-7-18)15(20)17-12-4-5-13(16)14(10-12)21-3/h4-5,10-11H,6-9H2,1-3H3,(H,17,20). The van der Waals surface area contributed by atoms with E-state index < -0.39 is 0 Å². The predicted octanol–water partition coefficient (Wildman–Crippen LogP) is 2.91. The molecule has 1 aromatic rings. The van der Waals surface area contributed by atoms with Crippen LogP contribution in [0.2, 0.25) is 5.02 Å². The van der Waals surface area contributed by atoms with Crippen LogP contribution in [0, 0.1) is 0 Å². The number of amides is 2. The van der Waals surface area contributed by atoms with Crippen molar-refractivity contribution >= 4 is 23.3 Å². The van der Waals surface area contributed by atoms with Crippen LogP contribution in [-0.4, -0.2) is 55.2 Å². The van der Waals surface area contributed by atoms with E-state index >= 15 is 0 Å². The Morgan fingerprint density at radius 1 is 1.29 bits per heavy atom. The van der Waals surface area contributed by atoms with Gasteiger partial charge in [-0.25, -0.2) is 4.79 Å². The number of halogens is 1. The molecule has 2 amide bonds. The normalized spacial score (nSPS) is 16.1. The average Bonchev–Trinajstić information content (AvgIpc) is 2.49. The SMILES string of the molecule is COc1cc(NC(=O)N2CCN(C(C)C)CC2)ccc1Cl. The quantitative estimate of drug-likeness (QED) is 0.933. The molecule has 21 heavy (non-hydrogen) atoms. The molecule has 0 atom stereocenters. The van der Waals surface area contributed by atoms with Gasteiger partial charge in [0.25, 0.3) is 0 Å². The highest BCUT2D eigenvalue weighted by atomic mass is 35.5. The molecule has 6 heteroatoms. The molecule has 0 radical (unpaired) electrons. The Kier molecular flexibility index (Phi) is 5.31. The van der Waals surface area contributed by atoms with Crippen LogP contribution in [0.3, 0.4) is 0 Å². The number of hydrogen-bond donors (Lipinski definition) is 1. The monoisotopic (exact) mass is 311 g/mol. The minimum Gasteiger partial charge on any atom is -0.495 e. The van der Waals surface area contributed by atoms with E-state index in [1.807, 2.05) is 4.90 Å². The van der Waals surface area contributed by atoms with Crippen molar-refractivity contribution in [2.75, 3.05) is 38.6 Å². The van der Waals surface area contributed by atoms with Gasteiger partial charge in [0.2, 0.25) is 0 Å². The number of carbonyl (C=O) groups is 1. The second-order valence-electron chi connectivity index (χ2n) is 5.40. The van der Waals surface area contributed by atoms with E-state index in [2.05, 4.69) is 24.1 Å². The fourth-order valence-electron chi connectivity index (χ4n) is 2.38. The number of rotatable bonds is 3. The number of nitrogens with one attached hydrogen (secondary N) is 1. The van der Waals surface area contributed by atoms with Gasteiger partial charge >= 0.3 is 6.03 Å². The first-order valence-electron chi connectivity index (χ1n) is 7.14. The fraction of sp³-hybridized carbons (Fsp3) is 0.533. The lowest BCUT2D eigenvalue weighted by atomic mass is 10.2. The summed E-state index contributed by atoms with van der Waals surface area (Å²) >= 11 is 5.97. The van der Waals surface area contributed by atoms with E-state index in [4.69, 9.17) is 16.3 Å². The zero-order chi connectivity index (χ0) is 15.4. The molecule has 0 aliphatic carbocycles. The van der Waals surface area contributed by atoms with Crippen LogP contribution < -0.4 is 10.1 Å². The Morgan fingerprint density at radius 3 is 2.52 bits per heavy atom. The third-order valence-electron chi connectivity index (χ3n) is 3.73. The number of hydrogen-bond acceptors (Lipinski definition) is 3. The van der Waals surface area contributed by atoms with Crippen LogP contribution in [0.5, 0.6) is 5.75 Å². The second-order valence-corrected chi connectivity index (χ2v) is 5.80. The zero-order valence-corrected chi connectivity index (χ0v) is 13.5. The molecule has 0 spiro atoms. The van der Waals surface area contributed by atoms with Crippen molar-refractivity contribution in [2.24, 2.45) is 0 Å². The molecule has 1 aliphatic heterocycles. The molecule has 116 valence electrons. The highest BCUT2D eigenvalue weighted by molar-refractivity contribution is 6.32. The maximum absolute atomic E-state index is 12.3. The van der Waals surface area contributed by atoms with Crippen molar-refractivity contribution in [3.05, 3.63) is 23.2 Å². The first-order chi connectivity index (χ1) is 10.0. The van der Waals surface area contributed by atoms with Crippen LogP contribution in [0.15, 0.2) is 18.2 Å². The predicted molar refractivity (Wildman–Crippen MR) is 85.3 cm³/mol. The van der Waals surface area contributed by atoms with Crippen LogP contribution in [0.1, 0.15) is 13.8 Å². The molecule has 1 aliphatic rings. The first kappa shape index (κ1) is 15.9. The summed E-state index contributed by atoms with van der Waals surface area (Å²) in [5.41, 5.74) is 0.688. The van der Waals surface area contributed by atoms with Gasteiger partial charge in [-0.1, -0.05) is 11.6 Å². The largest absolute Gasteiger partial charge is 0.495 e. The molecule has 2 rings (SSSR count). The molecular formula is C15H22ClN3O2. The van der Waals surface area contributed by atoms with Crippen LogP contribution in [-0.2, 0) is 0 Å². The smallest absolute Gasteiger partial charge is 0.321 e. The summed E-state index contributed by atoms with van der Waals surface area (Å²) in [5.74, 6) is 0.555. The topological polar surface area (TPSA) is 44.8 Å². The fourth-order valence-corrected chi connectivity index (χ4v) is 2.58. The third-order valence-corrected chi connectivity index (χ3v) is 4.05. The summed E-state index contributed by atoms with van der Waals surface area (Å²) in [7, 11) is 1.55. The number of urea groups is 1. The molecule has 0 bridgehead atoms. The van der Waals surface area contributed by atoms with E-state index in [-0.39, 0.29) is 6.03 Å². The Morgan fingerprint density at radius 2 is 1.95 bits per heavy atom. The van der Waals surface area contributed by atoms with Gasteiger partial charge in [-0.05, 0) is 26.0 Å². The molecule has 1 aromatic carbocycles. The van der Waals surface area contributed by atoms with Crippen molar-refractivity contribution in [3.8, 4) is 5.75 Å². The average molecular weight is 312 g/mol. The van der Waals surface area contributed by atoms with Crippen molar-refractivity contribution < 1.29 is 9.53 Å². The van der Waals surface area contributed by atoms with E-state index in [1.165, 1.54) is 0 Å². The van der Waals surface area contributed by atoms with E-state index in [0.29, 0.717) is 22.5 Å². The van der Waals surface area contributed by atoms with Gasteiger partial charge in [0, 0.05) is 44.0 Å². The van der Waals surface area contributed by atoms with Crippen LogP contribution >= 0.6 is 11.6 Å². The number of benzene rings is 1. The van der Waals surface area contributed by atoms with E-state index in [1.54, 1.807) is 25.3 Å². The summed E-state index contributed by atoms with van der Waals surface area (Å²) in [6.45, 7) is 7.67. The summed E-state index contributed by atoms with van der Waals surface area (Å²) < 4.78 is 5.15. The third kappa shape index (κ3) is 4.02. The van der Waals surface area contributed by atoms with Gasteiger partial charge in [-0.3, -0.25) is 4.90 Å². The number of ether oxygens (including phenoxy) is 1. The maximum atomic E-state index is 12.3. The number of anilines is 1. The van der Waals surface area contributed by atoms with Gasteiger partial charge in [0.05, 0.1) is 12.1 Å². The molecular weight excluding hydrogens is 290 g/mol. The van der Waals surface area contributed by atoms with Crippen molar-refractivity contribution in [1.29, 1.82) is 0 Å². The molecule has 0 unspecified atom stereocenters. The lowest BCUT2D eigenvalue weighted by molar-refractivity contribution is 0.125. The van der Waals surface area contributed by atoms with Gasteiger partial charge in [0.15, 0.2) is 0 Å². The van der Waals surface area contributed by atoms with Gasteiger partial charge in [-0.2, -0.15) is 0 Å². The number of nitrogens with zero attached hydrogens (tertiary/aromatic N) is 2. The number of carbonyl (C=O) groups excluding carboxylic acids is 1. The molecule has 5 nitrogen and oxygen atoms in total.